The summed E-state index contributed by atoms with van der Waals surface area (Å²) in [4.78, 5) is 52.2. The van der Waals surface area contributed by atoms with Crippen LogP contribution in [0.2, 0.25) is 0 Å². The Morgan fingerprint density at radius 1 is 1.04 bits per heavy atom. The first-order valence-electron chi connectivity index (χ1n) is 17.6. The highest BCUT2D eigenvalue weighted by Crippen LogP contribution is 2.44. The third-order valence-corrected chi connectivity index (χ3v) is 9.77. The second-order valence-corrected chi connectivity index (χ2v) is 15.9. The average molecular weight is 688 g/mol. The van der Waals surface area contributed by atoms with E-state index in [4.69, 9.17) is 18.9 Å². The van der Waals surface area contributed by atoms with Gasteiger partial charge in [-0.15, -0.1) is 0 Å². The average Bonchev–Trinajstić information content (AvgIpc) is 3.64. The largest absolute Gasteiger partial charge is 0.497 e. The monoisotopic (exact) mass is 687 g/mol. The second kappa shape index (κ2) is 14.0. The summed E-state index contributed by atoms with van der Waals surface area (Å²) in [6, 6.07) is 3.74. The molecular formula is C37H51F2N3O7. The van der Waals surface area contributed by atoms with E-state index in [1.165, 1.54) is 12.0 Å². The minimum absolute atomic E-state index is 0.0947. The molecule has 0 N–H and O–H groups in total. The quantitative estimate of drug-likeness (QED) is 0.313. The first-order valence-corrected chi connectivity index (χ1v) is 17.6. The number of hydrogen-bond donors (Lipinski definition) is 0. The Bertz CT molecular complexity index is 1550. The lowest BCUT2D eigenvalue weighted by molar-refractivity contribution is -0.167. The molecule has 5 rings (SSSR count). The van der Waals surface area contributed by atoms with E-state index in [-0.39, 0.29) is 42.8 Å². The molecule has 2 bridgehead atoms. The molecule has 1 saturated carbocycles. The van der Waals surface area contributed by atoms with Crippen LogP contribution in [0, 0.1) is 23.2 Å². The van der Waals surface area contributed by atoms with Gasteiger partial charge in [0.05, 0.1) is 37.0 Å². The van der Waals surface area contributed by atoms with Gasteiger partial charge in [0, 0.05) is 18.4 Å². The van der Waals surface area contributed by atoms with Crippen LogP contribution in [0.5, 0.6) is 11.6 Å². The minimum atomic E-state index is -3.38. The molecule has 3 aliphatic rings. The summed E-state index contributed by atoms with van der Waals surface area (Å²) in [5, 5.41) is 0. The number of benzene rings is 1. The molecule has 1 aromatic heterocycles. The number of halogens is 2. The Morgan fingerprint density at radius 3 is 2.43 bits per heavy atom. The summed E-state index contributed by atoms with van der Waals surface area (Å²) in [6.07, 6.45) is 1.31. The van der Waals surface area contributed by atoms with Crippen LogP contribution >= 0.6 is 0 Å². The summed E-state index contributed by atoms with van der Waals surface area (Å²) in [6.45, 7) is 12.7. The molecule has 0 spiro atoms. The highest BCUT2D eigenvalue weighted by atomic mass is 19.3. The van der Waals surface area contributed by atoms with Crippen LogP contribution < -0.4 is 9.47 Å². The Kier molecular flexibility index (Phi) is 10.5. The first kappa shape index (κ1) is 36.7. The van der Waals surface area contributed by atoms with Gasteiger partial charge in [0.15, 0.2) is 5.69 Å². The molecule has 0 radical (unpaired) electrons. The maximum absolute atomic E-state index is 16.2. The standard InChI is InChI=1S/C37H51F2N3O7/c1-9-12-23-28-20-42(30(23)34(45)49-36(5,6)7)33(44)24(35(2,3)4)19-29(43)47-27-17-21(27)13-10-11-16-37(38,39)31-32(48-28)41-26-18-22(46-8)14-15-25(26)40-31/h14-15,18,21,23-24,27-28,30H,9-13,16-17,19-20H2,1-8H3/t21-,23-,24-,27-,28+,30+/m1/s1. The maximum Gasteiger partial charge on any atom is 0.329 e. The molecular weight excluding hydrogens is 636 g/mol. The maximum atomic E-state index is 16.2. The van der Waals surface area contributed by atoms with Gasteiger partial charge in [-0.05, 0) is 69.9 Å². The molecule has 270 valence electrons. The van der Waals surface area contributed by atoms with Crippen molar-refractivity contribution in [3.05, 3.63) is 23.9 Å². The van der Waals surface area contributed by atoms with Gasteiger partial charge in [-0.3, -0.25) is 9.59 Å². The highest BCUT2D eigenvalue weighted by Gasteiger charge is 2.53. The van der Waals surface area contributed by atoms with E-state index in [9.17, 15) is 14.4 Å². The van der Waals surface area contributed by atoms with Gasteiger partial charge in [-0.1, -0.05) is 40.5 Å². The van der Waals surface area contributed by atoms with Gasteiger partial charge in [0.25, 0.3) is 5.92 Å². The van der Waals surface area contributed by atoms with Crippen molar-refractivity contribution in [1.82, 2.24) is 14.9 Å². The molecule has 0 unspecified atom stereocenters. The topological polar surface area (TPSA) is 117 Å². The smallest absolute Gasteiger partial charge is 0.329 e. The molecule has 49 heavy (non-hydrogen) atoms. The van der Waals surface area contributed by atoms with Gasteiger partial charge in [-0.25, -0.2) is 14.8 Å². The van der Waals surface area contributed by atoms with Gasteiger partial charge >= 0.3 is 11.9 Å². The molecule has 1 aromatic carbocycles. The number of fused-ring (bicyclic) bond motifs is 5. The summed E-state index contributed by atoms with van der Waals surface area (Å²) in [5.74, 6) is -6.10. The highest BCUT2D eigenvalue weighted by molar-refractivity contribution is 5.90. The molecule has 3 heterocycles. The van der Waals surface area contributed by atoms with Crippen LogP contribution in [0.3, 0.4) is 0 Å². The van der Waals surface area contributed by atoms with Crippen molar-refractivity contribution in [2.45, 2.75) is 130 Å². The molecule has 1 amide bonds. The molecule has 2 fully saturated rings. The fraction of sp³-hybridized carbons (Fsp3) is 0.703. The zero-order valence-corrected chi connectivity index (χ0v) is 30.0. The van der Waals surface area contributed by atoms with E-state index in [2.05, 4.69) is 9.97 Å². The van der Waals surface area contributed by atoms with Crippen molar-refractivity contribution >= 4 is 28.9 Å². The lowest BCUT2D eigenvalue weighted by Crippen LogP contribution is -2.50. The van der Waals surface area contributed by atoms with Crippen LogP contribution in [0.4, 0.5) is 8.78 Å². The zero-order valence-electron chi connectivity index (χ0n) is 30.0. The molecule has 6 atom stereocenters. The van der Waals surface area contributed by atoms with Crippen LogP contribution in [0.1, 0.15) is 106 Å². The van der Waals surface area contributed by atoms with Gasteiger partial charge in [-0.2, -0.15) is 8.78 Å². The predicted octanol–water partition coefficient (Wildman–Crippen LogP) is 7.00. The van der Waals surface area contributed by atoms with E-state index >= 15 is 8.78 Å². The van der Waals surface area contributed by atoms with Crippen LogP contribution in [0.15, 0.2) is 18.2 Å². The lowest BCUT2D eigenvalue weighted by Gasteiger charge is -2.35. The van der Waals surface area contributed by atoms with E-state index in [0.717, 1.165) is 0 Å². The Balaban J connectivity index is 1.64. The SMILES string of the molecule is CCC[C@@H]1[C@@H]2CN(C(=O)[C@H](C(C)(C)C)CC(=O)O[C@@H]3C[C@H]3CCCCC(F)(F)c3nc4ccc(OC)cc4nc3O2)[C@@H]1C(=O)OC(C)(C)C. The molecule has 1 aliphatic carbocycles. The van der Waals surface area contributed by atoms with Crippen molar-refractivity contribution in [3.63, 3.8) is 0 Å². The third-order valence-electron chi connectivity index (χ3n) is 9.77. The predicted molar refractivity (Wildman–Crippen MR) is 178 cm³/mol. The van der Waals surface area contributed by atoms with E-state index in [0.29, 0.717) is 43.4 Å². The number of esters is 2. The van der Waals surface area contributed by atoms with Gasteiger partial charge < -0.3 is 23.8 Å². The van der Waals surface area contributed by atoms with Crippen LogP contribution in [-0.2, 0) is 29.8 Å². The van der Waals surface area contributed by atoms with E-state index in [1.807, 2.05) is 27.7 Å². The first-order chi connectivity index (χ1) is 22.9. The van der Waals surface area contributed by atoms with E-state index < -0.39 is 70.9 Å². The number of hydrogen-bond acceptors (Lipinski definition) is 9. The Morgan fingerprint density at radius 2 is 1.78 bits per heavy atom. The second-order valence-electron chi connectivity index (χ2n) is 15.9. The number of rotatable bonds is 4. The van der Waals surface area contributed by atoms with Crippen LogP contribution in [0.25, 0.3) is 11.0 Å². The van der Waals surface area contributed by atoms with Crippen molar-refractivity contribution in [2.75, 3.05) is 13.7 Å². The van der Waals surface area contributed by atoms with E-state index in [1.54, 1.807) is 39.0 Å². The number of alkyl halides is 2. The number of ether oxygens (including phenoxy) is 4. The van der Waals surface area contributed by atoms with Crippen LogP contribution in [-0.4, -0.2) is 70.2 Å². The summed E-state index contributed by atoms with van der Waals surface area (Å²) in [7, 11) is 1.50. The van der Waals surface area contributed by atoms with Crippen molar-refractivity contribution in [3.8, 4) is 11.6 Å². The Hall–Kier alpha value is -3.57. The molecule has 10 nitrogen and oxygen atoms in total. The van der Waals surface area contributed by atoms with Crippen molar-refractivity contribution in [1.29, 1.82) is 0 Å². The molecule has 12 heteroatoms. The van der Waals surface area contributed by atoms with Crippen molar-refractivity contribution < 1.29 is 42.1 Å². The Labute approximate surface area is 287 Å². The number of methoxy groups -OCH3 is 1. The lowest BCUT2D eigenvalue weighted by atomic mass is 9.77. The third kappa shape index (κ3) is 8.43. The summed E-state index contributed by atoms with van der Waals surface area (Å²) in [5.41, 5.74) is -1.54. The molecule has 2 aromatic rings. The van der Waals surface area contributed by atoms with Crippen molar-refractivity contribution in [2.24, 2.45) is 23.2 Å². The number of aromatic nitrogens is 2. The fourth-order valence-electron chi connectivity index (χ4n) is 7.07. The summed E-state index contributed by atoms with van der Waals surface area (Å²) >= 11 is 0. The minimum Gasteiger partial charge on any atom is -0.497 e. The summed E-state index contributed by atoms with van der Waals surface area (Å²) < 4.78 is 55.8. The number of carbonyl (C=O) groups excluding carboxylic acids is 3. The fourth-order valence-corrected chi connectivity index (χ4v) is 7.07. The zero-order chi connectivity index (χ0) is 35.9. The van der Waals surface area contributed by atoms with Gasteiger partial charge in [0.1, 0.15) is 29.6 Å². The van der Waals surface area contributed by atoms with Gasteiger partial charge in [0.2, 0.25) is 11.8 Å². The molecule has 1 saturated heterocycles. The number of amides is 1. The normalized spacial score (nSPS) is 28.0. The number of carbonyl (C=O) groups is 3. The molecule has 2 aliphatic heterocycles. The number of nitrogens with zero attached hydrogens (tertiary/aromatic N) is 3.